The average molecular weight is 380 g/mol. The van der Waals surface area contributed by atoms with E-state index < -0.39 is 0 Å². The van der Waals surface area contributed by atoms with Crippen molar-refractivity contribution in [2.45, 2.75) is 6.42 Å². The van der Waals surface area contributed by atoms with Crippen LogP contribution in [0.25, 0.3) is 11.1 Å². The first-order valence-electron chi connectivity index (χ1n) is 9.50. The first-order chi connectivity index (χ1) is 13.7. The van der Waals surface area contributed by atoms with Crippen LogP contribution in [0.1, 0.15) is 16.1 Å². The zero-order valence-corrected chi connectivity index (χ0v) is 15.9. The largest absolute Gasteiger partial charge is 0.443 e. The second kappa shape index (κ2) is 8.26. The maximum Gasteiger partial charge on any atom is 0.271 e. The Morgan fingerprint density at radius 3 is 2.75 bits per heavy atom. The topological polar surface area (TPSA) is 95.3 Å². The van der Waals surface area contributed by atoms with E-state index in [9.17, 15) is 4.79 Å². The number of anilines is 2. The summed E-state index contributed by atoms with van der Waals surface area (Å²) in [5, 5.41) is 17.9. The molecular weight excluding hydrogens is 356 g/mol. The third-order valence-electron chi connectivity index (χ3n) is 4.96. The highest BCUT2D eigenvalue weighted by Crippen LogP contribution is 2.23. The Bertz CT molecular complexity index is 947. The zero-order chi connectivity index (χ0) is 19.3. The molecule has 146 valence electrons. The van der Waals surface area contributed by atoms with Gasteiger partial charge in [0.2, 0.25) is 5.71 Å². The average Bonchev–Trinajstić information content (AvgIpc) is 3.17. The molecule has 3 N–H and O–H groups in total. The van der Waals surface area contributed by atoms with Gasteiger partial charge < -0.3 is 25.3 Å². The van der Waals surface area contributed by atoms with E-state index in [1.54, 1.807) is 19.4 Å². The van der Waals surface area contributed by atoms with Crippen LogP contribution in [-0.4, -0.2) is 55.9 Å². The van der Waals surface area contributed by atoms with Gasteiger partial charge in [0, 0.05) is 45.5 Å². The van der Waals surface area contributed by atoms with Crippen molar-refractivity contribution in [3.63, 3.8) is 0 Å². The molecule has 28 heavy (non-hydrogen) atoms. The lowest BCUT2D eigenvalue weighted by molar-refractivity contribution is 0.0948. The number of furan rings is 1. The Morgan fingerprint density at radius 2 is 2.00 bits per heavy atom. The normalized spacial score (nSPS) is 14.2. The second-order valence-electron chi connectivity index (χ2n) is 6.76. The van der Waals surface area contributed by atoms with E-state index >= 15 is 0 Å². The Balaban J connectivity index is 1.32. The fourth-order valence-electron chi connectivity index (χ4n) is 3.35. The Kier molecular flexibility index (Phi) is 5.38. The predicted octanol–water partition coefficient (Wildman–Crippen LogP) is 1.65. The SMILES string of the molecule is CNc1coc2nnc(C(=O)NCCc3ccc(N4CCNCC4)cc3)cc12. The highest BCUT2D eigenvalue weighted by molar-refractivity contribution is 5.97. The van der Waals surface area contributed by atoms with E-state index in [1.807, 2.05) is 0 Å². The summed E-state index contributed by atoms with van der Waals surface area (Å²) >= 11 is 0. The van der Waals surface area contributed by atoms with E-state index in [4.69, 9.17) is 4.42 Å². The van der Waals surface area contributed by atoms with Gasteiger partial charge in [-0.1, -0.05) is 12.1 Å². The number of hydrogen-bond acceptors (Lipinski definition) is 7. The van der Waals surface area contributed by atoms with Gasteiger partial charge in [-0.3, -0.25) is 4.79 Å². The van der Waals surface area contributed by atoms with Crippen LogP contribution in [-0.2, 0) is 6.42 Å². The predicted molar refractivity (Wildman–Crippen MR) is 109 cm³/mol. The van der Waals surface area contributed by atoms with Crippen molar-refractivity contribution in [2.24, 2.45) is 0 Å². The fourth-order valence-corrected chi connectivity index (χ4v) is 3.35. The minimum atomic E-state index is -0.241. The molecule has 3 heterocycles. The quantitative estimate of drug-likeness (QED) is 0.598. The van der Waals surface area contributed by atoms with Gasteiger partial charge >= 0.3 is 0 Å². The molecule has 3 aromatic rings. The van der Waals surface area contributed by atoms with Crippen LogP contribution in [0.2, 0.25) is 0 Å². The standard InChI is InChI=1S/C20H24N6O2/c1-21-18-13-28-20-16(18)12-17(24-25-20)19(27)23-7-6-14-2-4-15(5-3-14)26-10-8-22-9-11-26/h2-5,12-13,21-22H,6-11H2,1H3,(H,23,27). The summed E-state index contributed by atoms with van der Waals surface area (Å²) in [5.41, 5.74) is 3.90. The summed E-state index contributed by atoms with van der Waals surface area (Å²) in [4.78, 5) is 14.8. The van der Waals surface area contributed by atoms with E-state index in [2.05, 4.69) is 55.3 Å². The molecular formula is C20H24N6O2. The number of nitrogens with zero attached hydrogens (tertiary/aromatic N) is 3. The highest BCUT2D eigenvalue weighted by Gasteiger charge is 2.13. The van der Waals surface area contributed by atoms with Crippen LogP contribution < -0.4 is 20.9 Å². The lowest BCUT2D eigenvalue weighted by Crippen LogP contribution is -2.43. The number of benzene rings is 1. The maximum atomic E-state index is 12.4. The number of carbonyl (C=O) groups is 1. The molecule has 1 saturated heterocycles. The van der Waals surface area contributed by atoms with Crippen molar-refractivity contribution < 1.29 is 9.21 Å². The number of hydrogen-bond donors (Lipinski definition) is 3. The summed E-state index contributed by atoms with van der Waals surface area (Å²) in [5.74, 6) is -0.241. The lowest BCUT2D eigenvalue weighted by Gasteiger charge is -2.29. The molecule has 1 aromatic carbocycles. The number of fused-ring (bicyclic) bond motifs is 1. The van der Waals surface area contributed by atoms with Gasteiger partial charge in [0.25, 0.3) is 5.91 Å². The third-order valence-corrected chi connectivity index (χ3v) is 4.96. The molecule has 1 aliphatic rings. The Labute approximate surface area is 163 Å². The van der Waals surface area contributed by atoms with Crippen molar-refractivity contribution in [1.29, 1.82) is 0 Å². The fraction of sp³-hybridized carbons (Fsp3) is 0.350. The van der Waals surface area contributed by atoms with Gasteiger partial charge in [-0.05, 0) is 30.2 Å². The molecule has 0 spiro atoms. The van der Waals surface area contributed by atoms with Crippen LogP contribution in [0.4, 0.5) is 11.4 Å². The minimum Gasteiger partial charge on any atom is -0.443 e. The van der Waals surface area contributed by atoms with Crippen LogP contribution in [0.3, 0.4) is 0 Å². The van der Waals surface area contributed by atoms with Crippen LogP contribution in [0.15, 0.2) is 41.0 Å². The van der Waals surface area contributed by atoms with E-state index in [1.165, 1.54) is 11.3 Å². The van der Waals surface area contributed by atoms with Gasteiger partial charge in [0.15, 0.2) is 5.69 Å². The number of nitrogens with one attached hydrogen (secondary N) is 3. The third kappa shape index (κ3) is 3.91. The summed E-state index contributed by atoms with van der Waals surface area (Å²) in [6, 6.07) is 10.2. The Hall–Kier alpha value is -3.13. The molecule has 2 aromatic heterocycles. The van der Waals surface area contributed by atoms with Gasteiger partial charge in [-0.25, -0.2) is 0 Å². The number of amides is 1. The van der Waals surface area contributed by atoms with Crippen LogP contribution in [0, 0.1) is 0 Å². The first kappa shape index (κ1) is 18.2. The molecule has 0 atom stereocenters. The summed E-state index contributed by atoms with van der Waals surface area (Å²) in [6.45, 7) is 4.66. The Morgan fingerprint density at radius 1 is 1.21 bits per heavy atom. The zero-order valence-electron chi connectivity index (χ0n) is 15.9. The molecule has 0 aliphatic carbocycles. The van der Waals surface area contributed by atoms with Gasteiger partial charge in [0.1, 0.15) is 6.26 Å². The molecule has 0 bridgehead atoms. The van der Waals surface area contributed by atoms with E-state index in [0.717, 1.165) is 43.7 Å². The van der Waals surface area contributed by atoms with Gasteiger partial charge in [-0.15, -0.1) is 10.2 Å². The van der Waals surface area contributed by atoms with Crippen molar-refractivity contribution in [1.82, 2.24) is 20.8 Å². The molecule has 4 rings (SSSR count). The lowest BCUT2D eigenvalue weighted by atomic mass is 10.1. The molecule has 1 aliphatic heterocycles. The van der Waals surface area contributed by atoms with Crippen LogP contribution in [0.5, 0.6) is 0 Å². The van der Waals surface area contributed by atoms with Crippen molar-refractivity contribution in [3.8, 4) is 0 Å². The number of rotatable bonds is 6. The molecule has 8 nitrogen and oxygen atoms in total. The van der Waals surface area contributed by atoms with E-state index in [-0.39, 0.29) is 11.6 Å². The summed E-state index contributed by atoms with van der Waals surface area (Å²) in [6.07, 6.45) is 2.32. The summed E-state index contributed by atoms with van der Waals surface area (Å²) in [7, 11) is 1.79. The molecule has 0 saturated carbocycles. The maximum absolute atomic E-state index is 12.4. The first-order valence-corrected chi connectivity index (χ1v) is 9.50. The van der Waals surface area contributed by atoms with Gasteiger partial charge in [0.05, 0.1) is 11.1 Å². The van der Waals surface area contributed by atoms with Crippen LogP contribution >= 0.6 is 0 Å². The number of carbonyl (C=O) groups excluding carboxylic acids is 1. The molecule has 0 radical (unpaired) electrons. The highest BCUT2D eigenvalue weighted by atomic mass is 16.3. The second-order valence-corrected chi connectivity index (χ2v) is 6.76. The minimum absolute atomic E-state index is 0.241. The van der Waals surface area contributed by atoms with Gasteiger partial charge in [-0.2, -0.15) is 0 Å². The monoisotopic (exact) mass is 380 g/mol. The number of aromatic nitrogens is 2. The van der Waals surface area contributed by atoms with E-state index in [0.29, 0.717) is 12.3 Å². The molecule has 8 heteroatoms. The smallest absolute Gasteiger partial charge is 0.271 e. The summed E-state index contributed by atoms with van der Waals surface area (Å²) < 4.78 is 5.29. The van der Waals surface area contributed by atoms with Crippen molar-refractivity contribution in [2.75, 3.05) is 50.0 Å². The van der Waals surface area contributed by atoms with Crippen molar-refractivity contribution in [3.05, 3.63) is 47.9 Å². The number of piperazine rings is 1. The molecule has 1 amide bonds. The molecule has 0 unspecified atom stereocenters. The molecule has 1 fully saturated rings. The van der Waals surface area contributed by atoms with Crippen molar-refractivity contribution >= 4 is 28.4 Å².